The van der Waals surface area contributed by atoms with Crippen LogP contribution in [0.3, 0.4) is 0 Å². The van der Waals surface area contributed by atoms with Gasteiger partial charge in [-0.1, -0.05) is 0 Å². The van der Waals surface area contributed by atoms with Crippen molar-refractivity contribution in [3.05, 3.63) is 57.2 Å². The largest absolute Gasteiger partial charge is 0.362 e. The van der Waals surface area contributed by atoms with E-state index < -0.39 is 5.92 Å². The molecule has 0 unspecified atom stereocenters. The second-order valence-corrected chi connectivity index (χ2v) is 8.81. The summed E-state index contributed by atoms with van der Waals surface area (Å²) < 4.78 is 1.03. The number of carbonyl (C=O) groups excluding carboxylic acids is 3. The SMILES string of the molecule is CC(=O)C1=C(C)NC(C)=C(C(C)=O)C1c1csc2ccc(C(=O)NC3CC3)cc12. The topological polar surface area (TPSA) is 75.3 Å². The number of nitrogens with one attached hydrogen (secondary N) is 2. The number of amides is 1. The van der Waals surface area contributed by atoms with Crippen LogP contribution in [0.1, 0.15) is 62.4 Å². The number of rotatable bonds is 5. The molecular formula is C23H24N2O3S. The molecule has 150 valence electrons. The molecule has 0 saturated heterocycles. The summed E-state index contributed by atoms with van der Waals surface area (Å²) in [7, 11) is 0. The van der Waals surface area contributed by atoms with Crippen molar-refractivity contribution >= 4 is 38.9 Å². The third-order valence-electron chi connectivity index (χ3n) is 5.61. The monoisotopic (exact) mass is 408 g/mol. The van der Waals surface area contributed by atoms with Gasteiger partial charge in [-0.05, 0) is 75.1 Å². The molecule has 0 bridgehead atoms. The van der Waals surface area contributed by atoms with E-state index in [4.69, 9.17) is 0 Å². The van der Waals surface area contributed by atoms with Crippen LogP contribution in [0.2, 0.25) is 0 Å². The van der Waals surface area contributed by atoms with Gasteiger partial charge in [0.1, 0.15) is 0 Å². The highest BCUT2D eigenvalue weighted by molar-refractivity contribution is 7.17. The van der Waals surface area contributed by atoms with Crippen LogP contribution in [-0.4, -0.2) is 23.5 Å². The van der Waals surface area contributed by atoms with Gasteiger partial charge in [-0.2, -0.15) is 0 Å². The average Bonchev–Trinajstić information content (AvgIpc) is 3.35. The zero-order valence-electron chi connectivity index (χ0n) is 17.0. The minimum Gasteiger partial charge on any atom is -0.362 e. The molecule has 2 heterocycles. The van der Waals surface area contributed by atoms with Gasteiger partial charge in [0.25, 0.3) is 5.91 Å². The molecule has 6 heteroatoms. The highest BCUT2D eigenvalue weighted by atomic mass is 32.1. The fourth-order valence-corrected chi connectivity index (χ4v) is 5.12. The Hall–Kier alpha value is -2.73. The van der Waals surface area contributed by atoms with Gasteiger partial charge < -0.3 is 10.6 Å². The van der Waals surface area contributed by atoms with Gasteiger partial charge in [-0.3, -0.25) is 14.4 Å². The van der Waals surface area contributed by atoms with Gasteiger partial charge in [0.05, 0.1) is 0 Å². The third kappa shape index (κ3) is 3.53. The summed E-state index contributed by atoms with van der Waals surface area (Å²) in [5.41, 5.74) is 4.26. The highest BCUT2D eigenvalue weighted by Crippen LogP contribution is 2.43. The maximum atomic E-state index is 12.6. The van der Waals surface area contributed by atoms with Crippen molar-refractivity contribution in [3.8, 4) is 0 Å². The van der Waals surface area contributed by atoms with Crippen LogP contribution in [-0.2, 0) is 9.59 Å². The smallest absolute Gasteiger partial charge is 0.251 e. The lowest BCUT2D eigenvalue weighted by Crippen LogP contribution is -2.29. The molecule has 5 nitrogen and oxygen atoms in total. The van der Waals surface area contributed by atoms with Crippen molar-refractivity contribution in [3.63, 3.8) is 0 Å². The fraction of sp³-hybridized carbons (Fsp3) is 0.348. The van der Waals surface area contributed by atoms with Crippen LogP contribution < -0.4 is 10.6 Å². The Morgan fingerprint density at radius 3 is 2.21 bits per heavy atom. The van der Waals surface area contributed by atoms with Crippen molar-refractivity contribution in [1.82, 2.24) is 10.6 Å². The molecule has 4 rings (SSSR count). The molecule has 0 atom stereocenters. The average molecular weight is 409 g/mol. The molecule has 1 aliphatic carbocycles. The van der Waals surface area contributed by atoms with E-state index in [-0.39, 0.29) is 23.5 Å². The summed E-state index contributed by atoms with van der Waals surface area (Å²) >= 11 is 1.56. The number of fused-ring (bicyclic) bond motifs is 1. The van der Waals surface area contributed by atoms with Crippen LogP contribution in [0, 0.1) is 0 Å². The molecular weight excluding hydrogens is 384 g/mol. The molecule has 1 saturated carbocycles. The lowest BCUT2D eigenvalue weighted by atomic mass is 9.77. The molecule has 1 amide bonds. The van der Waals surface area contributed by atoms with E-state index in [0.29, 0.717) is 16.7 Å². The maximum absolute atomic E-state index is 12.6. The number of allylic oxidation sites excluding steroid dienone is 4. The standard InChI is InChI=1S/C23H24N2O3S/c1-11-20(13(3)26)22(21(14(4)27)12(2)24-11)18-10-29-19-8-5-15(9-17(18)19)23(28)25-16-6-7-16/h5,8-10,16,22,24H,6-7H2,1-4H3,(H,25,28). The van der Waals surface area contributed by atoms with E-state index in [0.717, 1.165) is 39.9 Å². The fourth-order valence-electron chi connectivity index (χ4n) is 4.15. The van der Waals surface area contributed by atoms with Gasteiger partial charge in [-0.15, -0.1) is 11.3 Å². The normalized spacial score (nSPS) is 17.5. The van der Waals surface area contributed by atoms with Crippen molar-refractivity contribution in [2.45, 2.75) is 52.5 Å². The number of thiophene rings is 1. The number of carbonyl (C=O) groups is 3. The van der Waals surface area contributed by atoms with E-state index in [1.54, 1.807) is 11.3 Å². The third-order valence-corrected chi connectivity index (χ3v) is 6.59. The summed E-state index contributed by atoms with van der Waals surface area (Å²) in [4.78, 5) is 37.6. The molecule has 1 aliphatic heterocycles. The summed E-state index contributed by atoms with van der Waals surface area (Å²) in [6.07, 6.45) is 2.07. The van der Waals surface area contributed by atoms with E-state index in [1.165, 1.54) is 13.8 Å². The first kappa shape index (κ1) is 19.6. The van der Waals surface area contributed by atoms with Gasteiger partial charge in [0.2, 0.25) is 0 Å². The summed E-state index contributed by atoms with van der Waals surface area (Å²) in [6, 6.07) is 5.96. The van der Waals surface area contributed by atoms with Crippen molar-refractivity contribution in [2.24, 2.45) is 0 Å². The van der Waals surface area contributed by atoms with Crippen molar-refractivity contribution in [2.75, 3.05) is 0 Å². The lowest BCUT2D eigenvalue weighted by molar-refractivity contribution is -0.114. The quantitative estimate of drug-likeness (QED) is 0.777. The second kappa shape index (κ2) is 7.26. The van der Waals surface area contributed by atoms with E-state index in [2.05, 4.69) is 10.6 Å². The lowest BCUT2D eigenvalue weighted by Gasteiger charge is -2.30. The second-order valence-electron chi connectivity index (χ2n) is 7.90. The molecule has 1 fully saturated rings. The van der Waals surface area contributed by atoms with Crippen LogP contribution in [0.15, 0.2) is 46.1 Å². The van der Waals surface area contributed by atoms with Crippen LogP contribution in [0.25, 0.3) is 10.1 Å². The van der Waals surface area contributed by atoms with Crippen LogP contribution in [0.4, 0.5) is 0 Å². The Labute approximate surface area is 173 Å². The minimum absolute atomic E-state index is 0.0618. The molecule has 2 aliphatic rings. The van der Waals surface area contributed by atoms with Crippen molar-refractivity contribution in [1.29, 1.82) is 0 Å². The molecule has 2 aromatic rings. The molecule has 2 N–H and O–H groups in total. The Kier molecular flexibility index (Phi) is 4.90. The number of hydrogen-bond acceptors (Lipinski definition) is 5. The Bertz CT molecular complexity index is 1080. The summed E-state index contributed by atoms with van der Waals surface area (Å²) in [5.74, 6) is -0.628. The van der Waals surface area contributed by atoms with Gasteiger partial charge in [0, 0.05) is 44.8 Å². The molecule has 29 heavy (non-hydrogen) atoms. The van der Waals surface area contributed by atoms with Crippen LogP contribution in [0.5, 0.6) is 0 Å². The number of Topliss-reactive ketones (excluding diaryl/α,β-unsaturated/α-hetero) is 2. The van der Waals surface area contributed by atoms with Gasteiger partial charge in [0.15, 0.2) is 11.6 Å². The zero-order chi connectivity index (χ0) is 20.9. The predicted octanol–water partition coefficient (Wildman–Crippen LogP) is 4.21. The first-order valence-corrected chi connectivity index (χ1v) is 10.7. The number of hydrogen-bond donors (Lipinski definition) is 2. The van der Waals surface area contributed by atoms with E-state index >= 15 is 0 Å². The highest BCUT2D eigenvalue weighted by Gasteiger charge is 2.35. The Morgan fingerprint density at radius 1 is 1.03 bits per heavy atom. The number of dihydropyridines is 1. The first-order chi connectivity index (χ1) is 13.8. The summed E-state index contributed by atoms with van der Waals surface area (Å²) in [5, 5.41) is 9.15. The van der Waals surface area contributed by atoms with Gasteiger partial charge in [-0.25, -0.2) is 0 Å². The molecule has 0 radical (unpaired) electrons. The van der Waals surface area contributed by atoms with E-state index in [1.807, 2.05) is 37.4 Å². The van der Waals surface area contributed by atoms with E-state index in [9.17, 15) is 14.4 Å². The molecule has 1 aromatic heterocycles. The van der Waals surface area contributed by atoms with Gasteiger partial charge >= 0.3 is 0 Å². The minimum atomic E-state index is -0.429. The Morgan fingerprint density at radius 2 is 1.66 bits per heavy atom. The van der Waals surface area contributed by atoms with Crippen molar-refractivity contribution < 1.29 is 14.4 Å². The number of ketones is 2. The first-order valence-electron chi connectivity index (χ1n) is 9.80. The number of benzene rings is 1. The predicted molar refractivity (Wildman–Crippen MR) is 115 cm³/mol. The maximum Gasteiger partial charge on any atom is 0.251 e. The van der Waals surface area contributed by atoms with Crippen LogP contribution >= 0.6 is 11.3 Å². The Balaban J connectivity index is 1.87. The molecule has 0 spiro atoms. The zero-order valence-corrected chi connectivity index (χ0v) is 17.8. The summed E-state index contributed by atoms with van der Waals surface area (Å²) in [6.45, 7) is 6.81. The molecule has 1 aromatic carbocycles.